The molecule has 0 aliphatic rings. The molecule has 0 radical (unpaired) electrons. The largest absolute Gasteiger partial charge is 0.504 e. The second-order valence-electron chi connectivity index (χ2n) is 6.83. The van der Waals surface area contributed by atoms with Crippen LogP contribution in [0, 0.1) is 0 Å². The summed E-state index contributed by atoms with van der Waals surface area (Å²) in [6.45, 7) is 0.587. The van der Waals surface area contributed by atoms with E-state index in [0.29, 0.717) is 18.7 Å². The maximum Gasteiger partial charge on any atom is 0.257 e. The molecule has 0 aliphatic heterocycles. The smallest absolute Gasteiger partial charge is 0.257 e. The summed E-state index contributed by atoms with van der Waals surface area (Å²) in [7, 11) is 1.43. The number of rotatable bonds is 8. The molecule has 0 fully saturated rings. The van der Waals surface area contributed by atoms with E-state index < -0.39 is 11.8 Å². The Morgan fingerprint density at radius 2 is 1.35 bits per heavy atom. The Hall–Kier alpha value is -4.06. The average molecular weight is 416 g/mol. The van der Waals surface area contributed by atoms with Crippen LogP contribution in [0.25, 0.3) is 6.08 Å². The van der Waals surface area contributed by atoms with Gasteiger partial charge in [-0.2, -0.15) is 0 Å². The zero-order valence-corrected chi connectivity index (χ0v) is 17.2. The van der Waals surface area contributed by atoms with E-state index in [9.17, 15) is 14.7 Å². The van der Waals surface area contributed by atoms with E-state index in [4.69, 9.17) is 4.74 Å². The fourth-order valence-electron chi connectivity index (χ4n) is 2.93. The van der Waals surface area contributed by atoms with Crippen molar-refractivity contribution in [2.45, 2.75) is 13.1 Å². The summed E-state index contributed by atoms with van der Waals surface area (Å²) in [5.74, 6) is -0.770. The molecule has 0 atom stereocenters. The number of phenolic OH excluding ortho intramolecular Hbond substituents is 1. The minimum Gasteiger partial charge on any atom is -0.504 e. The minimum absolute atomic E-state index is 0.0248. The van der Waals surface area contributed by atoms with Crippen molar-refractivity contribution in [1.29, 1.82) is 0 Å². The number of nitrogens with one attached hydrogen (secondary N) is 2. The van der Waals surface area contributed by atoms with Gasteiger partial charge in [-0.05, 0) is 34.9 Å². The van der Waals surface area contributed by atoms with Crippen molar-refractivity contribution >= 4 is 17.9 Å². The van der Waals surface area contributed by atoms with E-state index in [1.54, 1.807) is 12.1 Å². The van der Waals surface area contributed by atoms with E-state index in [-0.39, 0.29) is 17.1 Å². The molecule has 0 aromatic heterocycles. The molecule has 0 heterocycles. The first kappa shape index (κ1) is 21.6. The number of hydrogen-bond donors (Lipinski definition) is 3. The van der Waals surface area contributed by atoms with Crippen molar-refractivity contribution in [3.8, 4) is 11.5 Å². The Morgan fingerprint density at radius 3 is 1.84 bits per heavy atom. The van der Waals surface area contributed by atoms with Crippen LogP contribution in [0.15, 0.2) is 84.4 Å². The molecule has 3 rings (SSSR count). The zero-order chi connectivity index (χ0) is 22.1. The third-order valence-electron chi connectivity index (χ3n) is 4.60. The summed E-state index contributed by atoms with van der Waals surface area (Å²) in [6.07, 6.45) is 1.47. The first-order valence-corrected chi connectivity index (χ1v) is 9.80. The first-order chi connectivity index (χ1) is 15.1. The predicted octanol–water partition coefficient (Wildman–Crippen LogP) is 3.42. The number of benzene rings is 3. The van der Waals surface area contributed by atoms with Crippen LogP contribution in [-0.4, -0.2) is 24.0 Å². The van der Waals surface area contributed by atoms with Crippen molar-refractivity contribution < 1.29 is 19.4 Å². The van der Waals surface area contributed by atoms with Gasteiger partial charge in [-0.25, -0.2) is 0 Å². The van der Waals surface area contributed by atoms with Crippen LogP contribution in [0.5, 0.6) is 11.5 Å². The molecule has 158 valence electrons. The lowest BCUT2D eigenvalue weighted by Crippen LogP contribution is -2.34. The number of phenols is 1. The fourth-order valence-corrected chi connectivity index (χ4v) is 2.93. The lowest BCUT2D eigenvalue weighted by Gasteiger charge is -2.11. The first-order valence-electron chi connectivity index (χ1n) is 9.80. The molecule has 0 saturated carbocycles. The van der Waals surface area contributed by atoms with Crippen molar-refractivity contribution in [1.82, 2.24) is 10.6 Å². The minimum atomic E-state index is -0.499. The van der Waals surface area contributed by atoms with Crippen molar-refractivity contribution in [2.24, 2.45) is 0 Å². The highest BCUT2D eigenvalue weighted by Crippen LogP contribution is 2.27. The second kappa shape index (κ2) is 10.6. The molecule has 31 heavy (non-hydrogen) atoms. The number of aromatic hydroxyl groups is 1. The molecule has 0 bridgehead atoms. The van der Waals surface area contributed by atoms with Crippen LogP contribution in [0.1, 0.15) is 16.7 Å². The Labute approximate surface area is 181 Å². The van der Waals surface area contributed by atoms with Gasteiger partial charge in [-0.1, -0.05) is 66.7 Å². The number of carbonyl (C=O) groups is 2. The summed E-state index contributed by atoms with van der Waals surface area (Å²) in [5, 5.41) is 15.4. The molecule has 0 aliphatic carbocycles. The Bertz CT molecular complexity index is 1010. The van der Waals surface area contributed by atoms with E-state index in [1.165, 1.54) is 19.3 Å². The molecule has 0 spiro atoms. The highest BCUT2D eigenvalue weighted by Gasteiger charge is 2.18. The maximum atomic E-state index is 12.9. The summed E-state index contributed by atoms with van der Waals surface area (Å²) in [5.41, 5.74) is 2.35. The van der Waals surface area contributed by atoms with Gasteiger partial charge in [-0.15, -0.1) is 0 Å². The molecule has 3 aromatic rings. The van der Waals surface area contributed by atoms with E-state index in [2.05, 4.69) is 10.6 Å². The summed E-state index contributed by atoms with van der Waals surface area (Å²) < 4.78 is 5.12. The maximum absolute atomic E-state index is 12.9. The third kappa shape index (κ3) is 6.21. The number of hydrogen-bond acceptors (Lipinski definition) is 4. The van der Waals surface area contributed by atoms with Gasteiger partial charge in [0.2, 0.25) is 0 Å². The van der Waals surface area contributed by atoms with Gasteiger partial charge < -0.3 is 20.5 Å². The van der Waals surface area contributed by atoms with Crippen LogP contribution >= 0.6 is 0 Å². The second-order valence-corrected chi connectivity index (χ2v) is 6.83. The summed E-state index contributed by atoms with van der Waals surface area (Å²) in [6, 6.07) is 23.5. The van der Waals surface area contributed by atoms with Gasteiger partial charge in [0.1, 0.15) is 5.57 Å². The SMILES string of the molecule is COc1cc(C=C(C(=O)NCc2ccccc2)C(=O)NCc2ccccc2)ccc1O. The highest BCUT2D eigenvalue weighted by atomic mass is 16.5. The van der Waals surface area contributed by atoms with E-state index >= 15 is 0 Å². The average Bonchev–Trinajstić information content (AvgIpc) is 2.81. The number of carbonyl (C=O) groups excluding carboxylic acids is 2. The van der Waals surface area contributed by atoms with Crippen LogP contribution in [0.3, 0.4) is 0 Å². The molecular formula is C25H24N2O4. The molecular weight excluding hydrogens is 392 g/mol. The van der Waals surface area contributed by atoms with Crippen LogP contribution < -0.4 is 15.4 Å². The van der Waals surface area contributed by atoms with Gasteiger partial charge in [0.05, 0.1) is 7.11 Å². The molecule has 6 heteroatoms. The van der Waals surface area contributed by atoms with E-state index in [0.717, 1.165) is 11.1 Å². The van der Waals surface area contributed by atoms with Crippen LogP contribution in [0.2, 0.25) is 0 Å². The standard InChI is InChI=1S/C25H24N2O4/c1-31-23-15-20(12-13-22(23)28)14-21(24(29)26-16-18-8-4-2-5-9-18)25(30)27-17-19-10-6-3-7-11-19/h2-15,28H,16-17H2,1H3,(H,26,29)(H,27,30). The predicted molar refractivity (Wildman–Crippen MR) is 119 cm³/mol. The number of amides is 2. The fraction of sp³-hybridized carbons (Fsp3) is 0.120. The van der Waals surface area contributed by atoms with Crippen LogP contribution in [0.4, 0.5) is 0 Å². The zero-order valence-electron chi connectivity index (χ0n) is 17.2. The number of methoxy groups -OCH3 is 1. The molecule has 0 saturated heterocycles. The van der Waals surface area contributed by atoms with Crippen molar-refractivity contribution in [2.75, 3.05) is 7.11 Å². The number of ether oxygens (including phenoxy) is 1. The Kier molecular flexibility index (Phi) is 7.43. The van der Waals surface area contributed by atoms with Crippen LogP contribution in [-0.2, 0) is 22.7 Å². The van der Waals surface area contributed by atoms with Gasteiger partial charge in [0.25, 0.3) is 11.8 Å². The van der Waals surface area contributed by atoms with E-state index in [1.807, 2.05) is 60.7 Å². The topological polar surface area (TPSA) is 87.7 Å². The lowest BCUT2D eigenvalue weighted by atomic mass is 10.1. The monoisotopic (exact) mass is 416 g/mol. The van der Waals surface area contributed by atoms with Gasteiger partial charge in [-0.3, -0.25) is 9.59 Å². The molecule has 6 nitrogen and oxygen atoms in total. The molecule has 0 unspecified atom stereocenters. The quantitative estimate of drug-likeness (QED) is 0.298. The van der Waals surface area contributed by atoms with Crippen molar-refractivity contribution in [3.63, 3.8) is 0 Å². The lowest BCUT2D eigenvalue weighted by molar-refractivity contribution is -0.123. The molecule has 3 aromatic carbocycles. The normalized spacial score (nSPS) is 10.1. The van der Waals surface area contributed by atoms with Crippen molar-refractivity contribution in [3.05, 3.63) is 101 Å². The highest BCUT2D eigenvalue weighted by molar-refractivity contribution is 6.21. The summed E-state index contributed by atoms with van der Waals surface area (Å²) in [4.78, 5) is 25.7. The van der Waals surface area contributed by atoms with Gasteiger partial charge in [0, 0.05) is 13.1 Å². The third-order valence-corrected chi connectivity index (χ3v) is 4.60. The summed E-state index contributed by atoms with van der Waals surface area (Å²) >= 11 is 0. The molecule has 2 amide bonds. The van der Waals surface area contributed by atoms with Gasteiger partial charge >= 0.3 is 0 Å². The van der Waals surface area contributed by atoms with Gasteiger partial charge in [0.15, 0.2) is 11.5 Å². The Balaban J connectivity index is 1.81. The molecule has 3 N–H and O–H groups in total. The Morgan fingerprint density at radius 1 is 0.839 bits per heavy atom.